The molecule has 1 aliphatic heterocycles. The summed E-state index contributed by atoms with van der Waals surface area (Å²) < 4.78 is 0. The van der Waals surface area contributed by atoms with Crippen LogP contribution in [-0.2, 0) is 11.3 Å². The molecule has 5 heteroatoms. The van der Waals surface area contributed by atoms with E-state index in [1.54, 1.807) is 24.7 Å². The predicted octanol–water partition coefficient (Wildman–Crippen LogP) is 0.707. The van der Waals surface area contributed by atoms with E-state index in [1.807, 2.05) is 17.0 Å². The lowest BCUT2D eigenvalue weighted by Crippen LogP contribution is -2.38. The minimum absolute atomic E-state index is 0.222. The van der Waals surface area contributed by atoms with Gasteiger partial charge in [0.05, 0.1) is 11.7 Å². The molecule has 0 fully saturated rings. The molecule has 0 saturated carbocycles. The zero-order chi connectivity index (χ0) is 12.3. The van der Waals surface area contributed by atoms with Crippen molar-refractivity contribution < 1.29 is 9.90 Å². The summed E-state index contributed by atoms with van der Waals surface area (Å²) in [6.45, 7) is 0.606. The van der Waals surface area contributed by atoms with Crippen LogP contribution in [0, 0.1) is 0 Å². The first-order valence-electron chi connectivity index (χ1n) is 5.20. The van der Waals surface area contributed by atoms with Gasteiger partial charge in [-0.3, -0.25) is 4.98 Å². The number of carboxylic acid groups (broad SMARTS) is 1. The lowest BCUT2D eigenvalue weighted by atomic mass is 10.1. The monoisotopic (exact) mass is 231 g/mol. The molecule has 88 valence electrons. The number of carbonyl (C=O) groups is 1. The summed E-state index contributed by atoms with van der Waals surface area (Å²) in [5.41, 5.74) is 7.12. The van der Waals surface area contributed by atoms with Gasteiger partial charge in [-0.15, -0.1) is 0 Å². The van der Waals surface area contributed by atoms with E-state index < -0.39 is 12.1 Å². The molecule has 1 atom stereocenters. The molecule has 0 amide bonds. The summed E-state index contributed by atoms with van der Waals surface area (Å²) in [6, 6.07) is 3.80. The van der Waals surface area contributed by atoms with Crippen molar-refractivity contribution >= 4 is 5.97 Å². The van der Waals surface area contributed by atoms with Gasteiger partial charge in [-0.25, -0.2) is 4.79 Å². The fourth-order valence-corrected chi connectivity index (χ4v) is 1.61. The van der Waals surface area contributed by atoms with E-state index in [2.05, 4.69) is 4.98 Å². The first kappa shape index (κ1) is 11.3. The normalized spacial score (nSPS) is 19.0. The summed E-state index contributed by atoms with van der Waals surface area (Å²) >= 11 is 0. The van der Waals surface area contributed by atoms with Crippen molar-refractivity contribution in [2.75, 3.05) is 0 Å². The Morgan fingerprint density at radius 3 is 3.00 bits per heavy atom. The Hall–Kier alpha value is -2.14. The first-order chi connectivity index (χ1) is 8.16. The number of carboxylic acids is 1. The molecular formula is C12H13N3O2. The van der Waals surface area contributed by atoms with E-state index >= 15 is 0 Å². The summed E-state index contributed by atoms with van der Waals surface area (Å²) in [6.07, 6.45) is 7.81. The summed E-state index contributed by atoms with van der Waals surface area (Å²) in [5, 5.41) is 8.83. The van der Waals surface area contributed by atoms with Gasteiger partial charge < -0.3 is 15.7 Å². The van der Waals surface area contributed by atoms with Gasteiger partial charge in [0.25, 0.3) is 0 Å². The van der Waals surface area contributed by atoms with Crippen LogP contribution in [0.15, 0.2) is 48.5 Å². The van der Waals surface area contributed by atoms with Crippen molar-refractivity contribution in [1.29, 1.82) is 0 Å². The van der Waals surface area contributed by atoms with Crippen molar-refractivity contribution in [2.45, 2.75) is 12.7 Å². The lowest BCUT2D eigenvalue weighted by Gasteiger charge is -2.28. The summed E-state index contributed by atoms with van der Waals surface area (Å²) in [7, 11) is 0. The van der Waals surface area contributed by atoms with E-state index in [0.717, 1.165) is 5.56 Å². The molecule has 0 saturated heterocycles. The number of aromatic nitrogens is 1. The number of pyridine rings is 1. The number of hydrogen-bond acceptors (Lipinski definition) is 4. The molecule has 17 heavy (non-hydrogen) atoms. The molecule has 0 radical (unpaired) electrons. The Labute approximate surface area is 98.9 Å². The molecular weight excluding hydrogens is 218 g/mol. The number of nitrogens with zero attached hydrogens (tertiary/aromatic N) is 2. The zero-order valence-electron chi connectivity index (χ0n) is 9.15. The summed E-state index contributed by atoms with van der Waals surface area (Å²) in [4.78, 5) is 16.6. The SMILES string of the molecule is NC1C=C(C(=O)O)C=CN1Cc1cccnc1. The van der Waals surface area contributed by atoms with Crippen LogP contribution in [0.1, 0.15) is 5.56 Å². The van der Waals surface area contributed by atoms with Crippen LogP contribution in [0.4, 0.5) is 0 Å². The van der Waals surface area contributed by atoms with Gasteiger partial charge in [0.15, 0.2) is 0 Å². The Bertz CT molecular complexity index is 468. The van der Waals surface area contributed by atoms with Crippen molar-refractivity contribution in [3.63, 3.8) is 0 Å². The van der Waals surface area contributed by atoms with Crippen molar-refractivity contribution in [2.24, 2.45) is 5.73 Å². The van der Waals surface area contributed by atoms with Crippen LogP contribution < -0.4 is 5.73 Å². The zero-order valence-corrected chi connectivity index (χ0v) is 9.15. The third-order valence-electron chi connectivity index (χ3n) is 2.51. The fourth-order valence-electron chi connectivity index (χ4n) is 1.61. The topological polar surface area (TPSA) is 79.5 Å². The third-order valence-corrected chi connectivity index (χ3v) is 2.51. The van der Waals surface area contributed by atoms with E-state index in [4.69, 9.17) is 10.8 Å². The van der Waals surface area contributed by atoms with Gasteiger partial charge >= 0.3 is 5.97 Å². The predicted molar refractivity (Wildman–Crippen MR) is 62.6 cm³/mol. The Kier molecular flexibility index (Phi) is 3.20. The third kappa shape index (κ3) is 2.70. The van der Waals surface area contributed by atoms with Crippen LogP contribution in [0.3, 0.4) is 0 Å². The largest absolute Gasteiger partial charge is 0.478 e. The first-order valence-corrected chi connectivity index (χ1v) is 5.20. The molecule has 3 N–H and O–H groups in total. The van der Waals surface area contributed by atoms with E-state index in [-0.39, 0.29) is 5.57 Å². The lowest BCUT2D eigenvalue weighted by molar-refractivity contribution is -0.132. The van der Waals surface area contributed by atoms with Gasteiger partial charge in [-0.2, -0.15) is 0 Å². The average molecular weight is 231 g/mol. The molecule has 1 aliphatic rings. The maximum absolute atomic E-state index is 10.8. The van der Waals surface area contributed by atoms with Crippen LogP contribution in [0.2, 0.25) is 0 Å². The fraction of sp³-hybridized carbons (Fsp3) is 0.167. The molecule has 2 rings (SSSR count). The highest BCUT2D eigenvalue weighted by Gasteiger charge is 2.16. The maximum Gasteiger partial charge on any atom is 0.335 e. The maximum atomic E-state index is 10.8. The van der Waals surface area contributed by atoms with Crippen molar-refractivity contribution in [3.8, 4) is 0 Å². The smallest absolute Gasteiger partial charge is 0.335 e. The number of nitrogens with two attached hydrogens (primary N) is 1. The standard InChI is InChI=1S/C12H13N3O2/c13-11-6-10(12(16)17)3-5-15(11)8-9-2-1-4-14-7-9/h1-7,11H,8,13H2,(H,16,17). The molecule has 0 bridgehead atoms. The Morgan fingerprint density at radius 1 is 1.59 bits per heavy atom. The van der Waals surface area contributed by atoms with E-state index in [1.165, 1.54) is 6.08 Å². The second-order valence-corrected chi connectivity index (χ2v) is 3.77. The quantitative estimate of drug-likeness (QED) is 0.800. The van der Waals surface area contributed by atoms with Gasteiger partial charge in [0.2, 0.25) is 0 Å². The van der Waals surface area contributed by atoms with Crippen molar-refractivity contribution in [1.82, 2.24) is 9.88 Å². The van der Waals surface area contributed by atoms with Gasteiger partial charge in [0.1, 0.15) is 0 Å². The van der Waals surface area contributed by atoms with Gasteiger partial charge in [-0.1, -0.05) is 6.07 Å². The number of aliphatic carboxylic acids is 1. The second-order valence-electron chi connectivity index (χ2n) is 3.77. The molecule has 0 spiro atoms. The van der Waals surface area contributed by atoms with Crippen LogP contribution in [0.5, 0.6) is 0 Å². The minimum Gasteiger partial charge on any atom is -0.478 e. The Balaban J connectivity index is 2.07. The van der Waals surface area contributed by atoms with Gasteiger partial charge in [0, 0.05) is 25.1 Å². The molecule has 1 aromatic rings. The van der Waals surface area contributed by atoms with E-state index in [0.29, 0.717) is 6.54 Å². The molecule has 1 aromatic heterocycles. The van der Waals surface area contributed by atoms with Crippen molar-refractivity contribution in [3.05, 3.63) is 54.0 Å². The average Bonchev–Trinajstić information content (AvgIpc) is 2.33. The second kappa shape index (κ2) is 4.80. The Morgan fingerprint density at radius 2 is 2.41 bits per heavy atom. The molecule has 2 heterocycles. The molecule has 0 aliphatic carbocycles. The summed E-state index contributed by atoms with van der Waals surface area (Å²) in [5.74, 6) is -0.960. The highest BCUT2D eigenvalue weighted by molar-refractivity contribution is 5.90. The van der Waals surface area contributed by atoms with Crippen LogP contribution in [-0.4, -0.2) is 27.1 Å². The molecule has 1 unspecified atom stereocenters. The van der Waals surface area contributed by atoms with Crippen LogP contribution in [0.25, 0.3) is 0 Å². The van der Waals surface area contributed by atoms with E-state index in [9.17, 15) is 4.79 Å². The highest BCUT2D eigenvalue weighted by atomic mass is 16.4. The highest BCUT2D eigenvalue weighted by Crippen LogP contribution is 2.14. The van der Waals surface area contributed by atoms with Crippen LogP contribution >= 0.6 is 0 Å². The van der Waals surface area contributed by atoms with Gasteiger partial charge in [-0.05, 0) is 23.8 Å². The number of hydrogen-bond donors (Lipinski definition) is 2. The minimum atomic E-state index is -0.960. The molecule has 5 nitrogen and oxygen atoms in total. The number of rotatable bonds is 3. The molecule has 0 aromatic carbocycles.